The maximum absolute atomic E-state index is 12.6. The zero-order valence-electron chi connectivity index (χ0n) is 12.0. The number of para-hydroxylation sites is 1. The molecule has 1 aromatic heterocycles. The van der Waals surface area contributed by atoms with Crippen molar-refractivity contribution in [3.05, 3.63) is 34.5 Å². The van der Waals surface area contributed by atoms with E-state index in [-0.39, 0.29) is 12.0 Å². The zero-order valence-corrected chi connectivity index (χ0v) is 13.6. The Morgan fingerprint density at radius 1 is 1.48 bits per heavy atom. The molecule has 5 heteroatoms. The third-order valence-electron chi connectivity index (χ3n) is 3.82. The third kappa shape index (κ3) is 2.99. The summed E-state index contributed by atoms with van der Waals surface area (Å²) >= 11 is 3.45. The summed E-state index contributed by atoms with van der Waals surface area (Å²) in [7, 11) is 0. The number of carbonyl (C=O) groups excluding carboxylic acids is 1. The van der Waals surface area contributed by atoms with Gasteiger partial charge in [0, 0.05) is 25.1 Å². The van der Waals surface area contributed by atoms with Crippen LogP contribution in [0.1, 0.15) is 30.3 Å². The summed E-state index contributed by atoms with van der Waals surface area (Å²) in [4.78, 5) is 14.4. The standard InChI is InChI=1S/C16H18BrNO3/c1-2-18(10-12-6-4-8-20-12)16(19)14-9-11-5-3-7-13(17)15(11)21-14/h3,5,7,9,12H,2,4,6,8,10H2,1H3. The van der Waals surface area contributed by atoms with Gasteiger partial charge in [0.1, 0.15) is 5.58 Å². The number of amides is 1. The molecule has 0 spiro atoms. The van der Waals surface area contributed by atoms with E-state index in [4.69, 9.17) is 9.15 Å². The summed E-state index contributed by atoms with van der Waals surface area (Å²) in [6.07, 6.45) is 2.26. The van der Waals surface area contributed by atoms with Crippen LogP contribution in [0.4, 0.5) is 0 Å². The van der Waals surface area contributed by atoms with Crippen molar-refractivity contribution in [1.29, 1.82) is 0 Å². The topological polar surface area (TPSA) is 42.7 Å². The highest BCUT2D eigenvalue weighted by Gasteiger charge is 2.24. The van der Waals surface area contributed by atoms with Crippen LogP contribution in [0.2, 0.25) is 0 Å². The number of rotatable bonds is 4. The number of likely N-dealkylation sites (N-methyl/N-ethyl adjacent to an activating group) is 1. The van der Waals surface area contributed by atoms with Crippen molar-refractivity contribution in [2.45, 2.75) is 25.9 Å². The van der Waals surface area contributed by atoms with Crippen LogP contribution in [0.25, 0.3) is 11.0 Å². The van der Waals surface area contributed by atoms with E-state index in [2.05, 4.69) is 15.9 Å². The molecule has 1 aromatic carbocycles. The fraction of sp³-hybridized carbons (Fsp3) is 0.438. The minimum absolute atomic E-state index is 0.0731. The Morgan fingerprint density at radius 2 is 2.33 bits per heavy atom. The highest BCUT2D eigenvalue weighted by atomic mass is 79.9. The van der Waals surface area contributed by atoms with Gasteiger partial charge >= 0.3 is 0 Å². The molecule has 0 radical (unpaired) electrons. The molecule has 0 N–H and O–H groups in total. The Kier molecular flexibility index (Phi) is 4.31. The molecular formula is C16H18BrNO3. The smallest absolute Gasteiger partial charge is 0.289 e. The second kappa shape index (κ2) is 6.20. The van der Waals surface area contributed by atoms with Crippen molar-refractivity contribution in [3.63, 3.8) is 0 Å². The van der Waals surface area contributed by atoms with Gasteiger partial charge in [-0.25, -0.2) is 0 Å². The molecule has 1 fully saturated rings. The fourth-order valence-corrected chi connectivity index (χ4v) is 3.14. The van der Waals surface area contributed by atoms with E-state index in [0.29, 0.717) is 24.4 Å². The van der Waals surface area contributed by atoms with E-state index >= 15 is 0 Å². The maximum atomic E-state index is 12.6. The average Bonchev–Trinajstić information content (AvgIpc) is 3.13. The first-order chi connectivity index (χ1) is 10.2. The maximum Gasteiger partial charge on any atom is 0.289 e. The van der Waals surface area contributed by atoms with Gasteiger partial charge in [-0.2, -0.15) is 0 Å². The molecule has 21 heavy (non-hydrogen) atoms. The van der Waals surface area contributed by atoms with Crippen LogP contribution in [0.5, 0.6) is 0 Å². The van der Waals surface area contributed by atoms with Gasteiger partial charge in [0.15, 0.2) is 5.76 Å². The predicted molar refractivity (Wildman–Crippen MR) is 84.5 cm³/mol. The second-order valence-corrected chi connectivity index (χ2v) is 6.10. The second-order valence-electron chi connectivity index (χ2n) is 5.25. The fourth-order valence-electron chi connectivity index (χ4n) is 2.68. The molecule has 0 bridgehead atoms. The van der Waals surface area contributed by atoms with Gasteiger partial charge in [0.05, 0.1) is 10.6 Å². The first-order valence-corrected chi connectivity index (χ1v) is 8.07. The third-order valence-corrected chi connectivity index (χ3v) is 4.45. The Hall–Kier alpha value is -1.33. The van der Waals surface area contributed by atoms with E-state index in [1.54, 1.807) is 11.0 Å². The first-order valence-electron chi connectivity index (χ1n) is 7.28. The van der Waals surface area contributed by atoms with Gasteiger partial charge in [-0.05, 0) is 47.8 Å². The minimum atomic E-state index is -0.0731. The first kappa shape index (κ1) is 14.6. The molecule has 2 heterocycles. The number of fused-ring (bicyclic) bond motifs is 1. The van der Waals surface area contributed by atoms with Gasteiger partial charge in [0.25, 0.3) is 5.91 Å². The zero-order chi connectivity index (χ0) is 14.8. The summed E-state index contributed by atoms with van der Waals surface area (Å²) in [5, 5.41) is 0.931. The number of nitrogens with zero attached hydrogens (tertiary/aromatic N) is 1. The molecule has 1 unspecified atom stereocenters. The molecule has 4 nitrogen and oxygen atoms in total. The molecule has 2 aromatic rings. The highest BCUT2D eigenvalue weighted by Crippen LogP contribution is 2.27. The van der Waals surface area contributed by atoms with Crippen molar-refractivity contribution in [2.75, 3.05) is 19.7 Å². The lowest BCUT2D eigenvalue weighted by molar-refractivity contribution is 0.0517. The quantitative estimate of drug-likeness (QED) is 0.840. The molecule has 112 valence electrons. The Morgan fingerprint density at radius 3 is 3.00 bits per heavy atom. The van der Waals surface area contributed by atoms with Gasteiger partial charge in [-0.1, -0.05) is 12.1 Å². The van der Waals surface area contributed by atoms with E-state index < -0.39 is 0 Å². The normalized spacial score (nSPS) is 18.3. The molecule has 3 rings (SSSR count). The van der Waals surface area contributed by atoms with E-state index in [0.717, 1.165) is 29.3 Å². The summed E-state index contributed by atoms with van der Waals surface area (Å²) in [5.41, 5.74) is 0.717. The van der Waals surface area contributed by atoms with E-state index in [1.807, 2.05) is 25.1 Å². The molecule has 0 saturated carbocycles. The lowest BCUT2D eigenvalue weighted by Crippen LogP contribution is -2.37. The van der Waals surface area contributed by atoms with Crippen LogP contribution in [-0.4, -0.2) is 36.6 Å². The molecule has 1 atom stereocenters. The number of carbonyl (C=O) groups is 1. The van der Waals surface area contributed by atoms with E-state index in [1.165, 1.54) is 0 Å². The number of hydrogen-bond acceptors (Lipinski definition) is 3. The van der Waals surface area contributed by atoms with Crippen LogP contribution < -0.4 is 0 Å². The summed E-state index contributed by atoms with van der Waals surface area (Å²) in [5.74, 6) is 0.313. The Labute approximate surface area is 132 Å². The largest absolute Gasteiger partial charge is 0.450 e. The van der Waals surface area contributed by atoms with Crippen molar-refractivity contribution in [1.82, 2.24) is 4.90 Å². The van der Waals surface area contributed by atoms with Crippen LogP contribution in [0.15, 0.2) is 33.2 Å². The summed E-state index contributed by atoms with van der Waals surface area (Å²) in [6.45, 7) is 4.06. The Bertz CT molecular complexity index is 646. The minimum Gasteiger partial charge on any atom is -0.450 e. The van der Waals surface area contributed by atoms with E-state index in [9.17, 15) is 4.79 Å². The number of ether oxygens (including phenoxy) is 1. The molecule has 1 aliphatic heterocycles. The van der Waals surface area contributed by atoms with Crippen LogP contribution in [-0.2, 0) is 4.74 Å². The molecule has 1 amide bonds. The van der Waals surface area contributed by atoms with Crippen molar-refractivity contribution in [3.8, 4) is 0 Å². The molecule has 1 aliphatic rings. The van der Waals surface area contributed by atoms with Crippen LogP contribution >= 0.6 is 15.9 Å². The van der Waals surface area contributed by atoms with Crippen molar-refractivity contribution >= 4 is 32.8 Å². The van der Waals surface area contributed by atoms with Gasteiger partial charge < -0.3 is 14.1 Å². The van der Waals surface area contributed by atoms with Gasteiger partial charge in [-0.3, -0.25) is 4.79 Å². The number of hydrogen-bond donors (Lipinski definition) is 0. The van der Waals surface area contributed by atoms with Crippen molar-refractivity contribution < 1.29 is 13.9 Å². The van der Waals surface area contributed by atoms with Crippen LogP contribution in [0, 0.1) is 0 Å². The summed E-state index contributed by atoms with van der Waals surface area (Å²) in [6, 6.07) is 7.58. The lowest BCUT2D eigenvalue weighted by Gasteiger charge is -2.22. The molecular weight excluding hydrogens is 334 g/mol. The predicted octanol–water partition coefficient (Wildman–Crippen LogP) is 3.84. The average molecular weight is 352 g/mol. The number of furan rings is 1. The Balaban J connectivity index is 1.82. The lowest BCUT2D eigenvalue weighted by atomic mass is 10.2. The highest BCUT2D eigenvalue weighted by molar-refractivity contribution is 9.10. The van der Waals surface area contributed by atoms with Crippen LogP contribution in [0.3, 0.4) is 0 Å². The van der Waals surface area contributed by atoms with Crippen molar-refractivity contribution in [2.24, 2.45) is 0 Å². The monoisotopic (exact) mass is 351 g/mol. The number of halogens is 1. The molecule has 0 aliphatic carbocycles. The van der Waals surface area contributed by atoms with Gasteiger partial charge in [-0.15, -0.1) is 0 Å². The SMILES string of the molecule is CCN(CC1CCCO1)C(=O)c1cc2cccc(Br)c2o1. The van der Waals surface area contributed by atoms with Gasteiger partial charge in [0.2, 0.25) is 0 Å². The summed E-state index contributed by atoms with van der Waals surface area (Å²) < 4.78 is 12.2. The molecule has 1 saturated heterocycles. The number of benzene rings is 1.